The normalized spacial score (nSPS) is 10.6. The third-order valence-corrected chi connectivity index (χ3v) is 2.45. The standard InChI is InChI=1S/C11H11N9O/c1-20(2)11-17-8(16-10(12)18-11)9-15-7(19-21-9)6-5-13-3-4-14-6/h3-5H,1-2H3,(H2,12,16,17,18). The monoisotopic (exact) mass is 285 g/mol. The van der Waals surface area contributed by atoms with Crippen LogP contribution in [0.4, 0.5) is 11.9 Å². The van der Waals surface area contributed by atoms with Gasteiger partial charge in [0.15, 0.2) is 0 Å². The quantitative estimate of drug-likeness (QED) is 0.702. The van der Waals surface area contributed by atoms with Crippen LogP contribution in [0.15, 0.2) is 23.1 Å². The molecule has 0 aromatic carbocycles. The van der Waals surface area contributed by atoms with Crippen LogP contribution in [0, 0.1) is 0 Å². The van der Waals surface area contributed by atoms with Crippen molar-refractivity contribution in [2.24, 2.45) is 0 Å². The Labute approximate surface area is 119 Å². The molecule has 0 spiro atoms. The largest absolute Gasteiger partial charge is 0.368 e. The topological polar surface area (TPSA) is 133 Å². The number of aromatic nitrogens is 7. The molecule has 0 aliphatic rings. The molecule has 2 N–H and O–H groups in total. The van der Waals surface area contributed by atoms with Crippen LogP contribution in [0.2, 0.25) is 0 Å². The molecule has 0 aliphatic carbocycles. The average molecular weight is 285 g/mol. The van der Waals surface area contributed by atoms with Gasteiger partial charge in [-0.1, -0.05) is 5.16 Å². The predicted molar refractivity (Wildman–Crippen MR) is 72.9 cm³/mol. The number of nitrogens with zero attached hydrogens (tertiary/aromatic N) is 8. The lowest BCUT2D eigenvalue weighted by atomic mass is 10.4. The maximum absolute atomic E-state index is 5.65. The van der Waals surface area contributed by atoms with Crippen molar-refractivity contribution < 1.29 is 4.52 Å². The van der Waals surface area contributed by atoms with E-state index in [2.05, 4.69) is 35.1 Å². The molecule has 3 aromatic heterocycles. The molecule has 3 rings (SSSR count). The van der Waals surface area contributed by atoms with Gasteiger partial charge in [-0.25, -0.2) is 4.98 Å². The van der Waals surface area contributed by atoms with Gasteiger partial charge in [-0.3, -0.25) is 4.98 Å². The molecule has 21 heavy (non-hydrogen) atoms. The van der Waals surface area contributed by atoms with Crippen molar-refractivity contribution >= 4 is 11.9 Å². The summed E-state index contributed by atoms with van der Waals surface area (Å²) in [5.74, 6) is 1.10. The molecule has 0 fully saturated rings. The Bertz CT molecular complexity index is 755. The summed E-state index contributed by atoms with van der Waals surface area (Å²) in [5, 5.41) is 3.82. The molecule has 0 radical (unpaired) electrons. The molecule has 0 atom stereocenters. The minimum atomic E-state index is 0.0722. The molecule has 106 valence electrons. The first-order chi connectivity index (χ1) is 10.1. The molecule has 10 nitrogen and oxygen atoms in total. The van der Waals surface area contributed by atoms with Crippen molar-refractivity contribution in [3.05, 3.63) is 18.6 Å². The molecule has 3 heterocycles. The molecule has 0 aliphatic heterocycles. The molecular weight excluding hydrogens is 274 g/mol. The van der Waals surface area contributed by atoms with E-state index in [1.165, 1.54) is 12.4 Å². The van der Waals surface area contributed by atoms with E-state index in [-0.39, 0.29) is 17.7 Å². The van der Waals surface area contributed by atoms with Gasteiger partial charge in [0.1, 0.15) is 5.69 Å². The van der Waals surface area contributed by atoms with E-state index in [9.17, 15) is 0 Å². The zero-order valence-electron chi connectivity index (χ0n) is 11.3. The zero-order valence-corrected chi connectivity index (χ0v) is 11.3. The van der Waals surface area contributed by atoms with Crippen LogP contribution in [0.1, 0.15) is 0 Å². The second kappa shape index (κ2) is 5.07. The molecule has 0 amide bonds. The third-order valence-electron chi connectivity index (χ3n) is 2.45. The summed E-state index contributed by atoms with van der Waals surface area (Å²) in [4.78, 5) is 26.1. The Morgan fingerprint density at radius 2 is 1.90 bits per heavy atom. The fourth-order valence-electron chi connectivity index (χ4n) is 1.51. The van der Waals surface area contributed by atoms with Gasteiger partial charge in [0.2, 0.25) is 23.5 Å². The van der Waals surface area contributed by atoms with Crippen molar-refractivity contribution in [1.29, 1.82) is 0 Å². The minimum absolute atomic E-state index is 0.0722. The first-order valence-electron chi connectivity index (χ1n) is 5.93. The second-order valence-electron chi connectivity index (χ2n) is 4.23. The number of anilines is 2. The second-order valence-corrected chi connectivity index (χ2v) is 4.23. The maximum Gasteiger partial charge on any atom is 0.296 e. The molecule has 10 heteroatoms. The highest BCUT2D eigenvalue weighted by atomic mass is 16.5. The van der Waals surface area contributed by atoms with E-state index >= 15 is 0 Å². The Balaban J connectivity index is 2.00. The Hall–Kier alpha value is -3.17. The number of hydrogen-bond acceptors (Lipinski definition) is 10. The highest BCUT2D eigenvalue weighted by Gasteiger charge is 2.16. The van der Waals surface area contributed by atoms with Crippen molar-refractivity contribution in [3.8, 4) is 23.2 Å². The SMILES string of the molecule is CN(C)c1nc(N)nc(-c2nc(-c3cnccn3)no2)n1. The first-order valence-corrected chi connectivity index (χ1v) is 5.93. The minimum Gasteiger partial charge on any atom is -0.368 e. The van der Waals surface area contributed by atoms with E-state index in [1.54, 1.807) is 25.2 Å². The Morgan fingerprint density at radius 3 is 2.62 bits per heavy atom. The lowest BCUT2D eigenvalue weighted by Gasteiger charge is -2.09. The van der Waals surface area contributed by atoms with Crippen molar-refractivity contribution in [2.45, 2.75) is 0 Å². The number of nitrogens with two attached hydrogens (primary N) is 1. The van der Waals surface area contributed by atoms with Crippen LogP contribution in [0.3, 0.4) is 0 Å². The van der Waals surface area contributed by atoms with Crippen LogP contribution >= 0.6 is 0 Å². The van der Waals surface area contributed by atoms with Crippen LogP contribution in [-0.2, 0) is 0 Å². The van der Waals surface area contributed by atoms with Gasteiger partial charge < -0.3 is 15.2 Å². The van der Waals surface area contributed by atoms with Gasteiger partial charge in [0.25, 0.3) is 5.89 Å². The van der Waals surface area contributed by atoms with Gasteiger partial charge in [-0.2, -0.15) is 19.9 Å². The fraction of sp³-hybridized carbons (Fsp3) is 0.182. The summed E-state index contributed by atoms with van der Waals surface area (Å²) in [7, 11) is 3.58. The third kappa shape index (κ3) is 2.59. The highest BCUT2D eigenvalue weighted by molar-refractivity contribution is 5.52. The molecule has 0 saturated carbocycles. The number of hydrogen-bond donors (Lipinski definition) is 1. The van der Waals surface area contributed by atoms with Gasteiger partial charge in [-0.15, -0.1) is 0 Å². The predicted octanol–water partition coefficient (Wildman–Crippen LogP) is 0.0268. The number of rotatable bonds is 3. The van der Waals surface area contributed by atoms with E-state index in [0.717, 1.165) is 0 Å². The Kier molecular flexibility index (Phi) is 3.10. The van der Waals surface area contributed by atoms with Gasteiger partial charge >= 0.3 is 0 Å². The molecule has 0 bridgehead atoms. The van der Waals surface area contributed by atoms with Gasteiger partial charge in [-0.05, 0) is 0 Å². The van der Waals surface area contributed by atoms with E-state index < -0.39 is 0 Å². The van der Waals surface area contributed by atoms with Crippen LogP contribution in [0.5, 0.6) is 0 Å². The molecule has 0 saturated heterocycles. The van der Waals surface area contributed by atoms with E-state index in [1.807, 2.05) is 0 Å². The lowest BCUT2D eigenvalue weighted by molar-refractivity contribution is 0.429. The number of nitrogen functional groups attached to an aromatic ring is 1. The van der Waals surface area contributed by atoms with Crippen molar-refractivity contribution in [1.82, 2.24) is 35.1 Å². The van der Waals surface area contributed by atoms with E-state index in [4.69, 9.17) is 10.3 Å². The lowest BCUT2D eigenvalue weighted by Crippen LogP contribution is -2.15. The summed E-state index contributed by atoms with van der Waals surface area (Å²) in [6, 6.07) is 0. The summed E-state index contributed by atoms with van der Waals surface area (Å²) >= 11 is 0. The van der Waals surface area contributed by atoms with Crippen molar-refractivity contribution in [2.75, 3.05) is 24.7 Å². The molecule has 0 unspecified atom stereocenters. The Morgan fingerprint density at radius 1 is 1.05 bits per heavy atom. The first kappa shape index (κ1) is 12.8. The van der Waals surface area contributed by atoms with Crippen LogP contribution in [-0.4, -0.2) is 49.2 Å². The maximum atomic E-state index is 5.65. The summed E-state index contributed by atoms with van der Waals surface area (Å²) in [6.45, 7) is 0. The van der Waals surface area contributed by atoms with E-state index in [0.29, 0.717) is 17.5 Å². The van der Waals surface area contributed by atoms with Crippen LogP contribution < -0.4 is 10.6 Å². The highest BCUT2D eigenvalue weighted by Crippen LogP contribution is 2.19. The van der Waals surface area contributed by atoms with Crippen LogP contribution in [0.25, 0.3) is 23.2 Å². The molecular formula is C11H11N9O. The van der Waals surface area contributed by atoms with Crippen molar-refractivity contribution in [3.63, 3.8) is 0 Å². The fourth-order valence-corrected chi connectivity index (χ4v) is 1.51. The molecule has 3 aromatic rings. The summed E-state index contributed by atoms with van der Waals surface area (Å²) < 4.78 is 5.14. The zero-order chi connectivity index (χ0) is 14.8. The summed E-state index contributed by atoms with van der Waals surface area (Å²) in [5.41, 5.74) is 6.14. The van der Waals surface area contributed by atoms with Gasteiger partial charge in [0, 0.05) is 26.5 Å². The average Bonchev–Trinajstić information content (AvgIpc) is 2.97. The summed E-state index contributed by atoms with van der Waals surface area (Å²) in [6.07, 6.45) is 4.62. The smallest absolute Gasteiger partial charge is 0.296 e. The van der Waals surface area contributed by atoms with Gasteiger partial charge in [0.05, 0.1) is 6.20 Å².